The molecule has 0 radical (unpaired) electrons. The minimum atomic E-state index is -3.64. The van der Waals surface area contributed by atoms with Crippen LogP contribution in [0, 0.1) is 23.6 Å². The zero-order chi connectivity index (χ0) is 13.9. The fraction of sp³-hybridized carbons (Fsp3) is 0.385. The van der Waals surface area contributed by atoms with Crippen molar-refractivity contribution in [2.24, 2.45) is 11.7 Å². The first-order valence-corrected chi connectivity index (χ1v) is 7.49. The van der Waals surface area contributed by atoms with Crippen molar-refractivity contribution < 1.29 is 12.8 Å². The number of halogens is 1. The summed E-state index contributed by atoms with van der Waals surface area (Å²) < 4.78 is 40.0. The Morgan fingerprint density at radius 2 is 2.16 bits per heavy atom. The number of nitrogens with two attached hydrogens (primary N) is 1. The standard InChI is InChI=1S/C13H15FN2O2S/c14-13-8-12(6-5-11(13)2-1-7-15)19(17,18)16-9-10-3-4-10/h5-6,8,10,16H,3-4,7,9,15H2. The highest BCUT2D eigenvalue weighted by molar-refractivity contribution is 7.89. The molecule has 0 atom stereocenters. The van der Waals surface area contributed by atoms with Gasteiger partial charge in [-0.25, -0.2) is 17.5 Å². The third-order valence-electron chi connectivity index (χ3n) is 2.83. The second-order valence-corrected chi connectivity index (χ2v) is 6.21. The largest absolute Gasteiger partial charge is 0.320 e. The van der Waals surface area contributed by atoms with Crippen LogP contribution in [-0.4, -0.2) is 21.5 Å². The number of nitrogens with one attached hydrogen (secondary N) is 1. The Bertz CT molecular complexity index is 628. The molecule has 1 fully saturated rings. The molecule has 1 aliphatic carbocycles. The summed E-state index contributed by atoms with van der Waals surface area (Å²) in [6, 6.07) is 3.68. The molecular formula is C13H15FN2O2S. The van der Waals surface area contributed by atoms with Crippen molar-refractivity contribution in [1.82, 2.24) is 4.72 Å². The second kappa shape index (κ2) is 5.70. The second-order valence-electron chi connectivity index (χ2n) is 4.44. The molecule has 1 aliphatic rings. The van der Waals surface area contributed by atoms with Crippen molar-refractivity contribution in [2.75, 3.05) is 13.1 Å². The molecule has 19 heavy (non-hydrogen) atoms. The highest BCUT2D eigenvalue weighted by atomic mass is 32.2. The van der Waals surface area contributed by atoms with E-state index in [9.17, 15) is 12.8 Å². The Hall–Kier alpha value is -1.42. The molecule has 0 aliphatic heterocycles. The molecule has 6 heteroatoms. The summed E-state index contributed by atoms with van der Waals surface area (Å²) in [6.07, 6.45) is 2.09. The predicted molar refractivity (Wildman–Crippen MR) is 70.2 cm³/mol. The van der Waals surface area contributed by atoms with E-state index in [1.54, 1.807) is 0 Å². The van der Waals surface area contributed by atoms with Crippen molar-refractivity contribution in [1.29, 1.82) is 0 Å². The van der Waals surface area contributed by atoms with E-state index < -0.39 is 15.8 Å². The first-order valence-electron chi connectivity index (χ1n) is 6.01. The smallest absolute Gasteiger partial charge is 0.240 e. The van der Waals surface area contributed by atoms with Crippen molar-refractivity contribution in [3.63, 3.8) is 0 Å². The summed E-state index contributed by atoms with van der Waals surface area (Å²) in [5.41, 5.74) is 5.34. The predicted octanol–water partition coefficient (Wildman–Crippen LogP) is 0.824. The van der Waals surface area contributed by atoms with Gasteiger partial charge in [-0.2, -0.15) is 0 Å². The summed E-state index contributed by atoms with van der Waals surface area (Å²) >= 11 is 0. The summed E-state index contributed by atoms with van der Waals surface area (Å²) in [5, 5.41) is 0. The first kappa shape index (κ1) is 14.0. The highest BCUT2D eigenvalue weighted by Crippen LogP contribution is 2.28. The number of benzene rings is 1. The van der Waals surface area contributed by atoms with Crippen LogP contribution in [0.4, 0.5) is 4.39 Å². The van der Waals surface area contributed by atoms with E-state index in [0.29, 0.717) is 12.5 Å². The minimum Gasteiger partial charge on any atom is -0.320 e. The number of hydrogen-bond acceptors (Lipinski definition) is 3. The Kier molecular flexibility index (Phi) is 4.20. The molecule has 0 bridgehead atoms. The maximum atomic E-state index is 13.7. The van der Waals surface area contributed by atoms with Gasteiger partial charge in [0.2, 0.25) is 10.0 Å². The van der Waals surface area contributed by atoms with Crippen molar-refractivity contribution in [2.45, 2.75) is 17.7 Å². The van der Waals surface area contributed by atoms with Crippen LogP contribution in [0.2, 0.25) is 0 Å². The maximum Gasteiger partial charge on any atom is 0.240 e. The van der Waals surface area contributed by atoms with Crippen LogP contribution in [-0.2, 0) is 10.0 Å². The molecule has 0 unspecified atom stereocenters. The van der Waals surface area contributed by atoms with E-state index in [2.05, 4.69) is 16.6 Å². The van der Waals surface area contributed by atoms with E-state index >= 15 is 0 Å². The Morgan fingerprint density at radius 1 is 1.42 bits per heavy atom. The molecule has 1 aromatic carbocycles. The van der Waals surface area contributed by atoms with Gasteiger partial charge >= 0.3 is 0 Å². The third-order valence-corrected chi connectivity index (χ3v) is 4.26. The topological polar surface area (TPSA) is 72.2 Å². The molecule has 0 aromatic heterocycles. The van der Waals surface area contributed by atoms with Crippen LogP contribution in [0.25, 0.3) is 0 Å². The molecule has 102 valence electrons. The lowest BCUT2D eigenvalue weighted by molar-refractivity contribution is 0.573. The van der Waals surface area contributed by atoms with Gasteiger partial charge in [-0.15, -0.1) is 0 Å². The van der Waals surface area contributed by atoms with Crippen LogP contribution in [0.5, 0.6) is 0 Å². The van der Waals surface area contributed by atoms with Crippen molar-refractivity contribution >= 4 is 10.0 Å². The number of hydrogen-bond donors (Lipinski definition) is 2. The van der Waals surface area contributed by atoms with E-state index in [-0.39, 0.29) is 17.0 Å². The van der Waals surface area contributed by atoms with E-state index in [1.807, 2.05) is 0 Å². The summed E-state index contributed by atoms with van der Waals surface area (Å²) in [5.74, 6) is 4.84. The lowest BCUT2D eigenvalue weighted by atomic mass is 10.2. The van der Waals surface area contributed by atoms with E-state index in [1.165, 1.54) is 12.1 Å². The fourth-order valence-electron chi connectivity index (χ4n) is 1.54. The lowest BCUT2D eigenvalue weighted by Crippen LogP contribution is -2.25. The maximum absolute atomic E-state index is 13.7. The highest BCUT2D eigenvalue weighted by Gasteiger charge is 2.24. The van der Waals surface area contributed by atoms with Gasteiger partial charge in [-0.1, -0.05) is 11.8 Å². The van der Waals surface area contributed by atoms with Crippen molar-refractivity contribution in [3.05, 3.63) is 29.6 Å². The monoisotopic (exact) mass is 282 g/mol. The van der Waals surface area contributed by atoms with Gasteiger partial charge in [-0.05, 0) is 37.0 Å². The Morgan fingerprint density at radius 3 is 2.74 bits per heavy atom. The Balaban J connectivity index is 2.17. The summed E-state index contributed by atoms with van der Waals surface area (Å²) in [6.45, 7) is 0.543. The normalized spacial score (nSPS) is 14.8. The van der Waals surface area contributed by atoms with Gasteiger partial charge in [-0.3, -0.25) is 0 Å². The summed E-state index contributed by atoms with van der Waals surface area (Å²) in [7, 11) is -3.64. The molecule has 0 spiro atoms. The van der Waals surface area contributed by atoms with Crippen LogP contribution in [0.1, 0.15) is 18.4 Å². The van der Waals surface area contributed by atoms with Crippen LogP contribution in [0.3, 0.4) is 0 Å². The van der Waals surface area contributed by atoms with E-state index in [4.69, 9.17) is 5.73 Å². The SMILES string of the molecule is NCC#Cc1ccc(S(=O)(=O)NCC2CC2)cc1F. The fourth-order valence-corrected chi connectivity index (χ4v) is 2.67. The number of rotatable bonds is 4. The lowest BCUT2D eigenvalue weighted by Gasteiger charge is -2.06. The molecule has 0 saturated heterocycles. The minimum absolute atomic E-state index is 0.0797. The summed E-state index contributed by atoms with van der Waals surface area (Å²) in [4.78, 5) is -0.0797. The van der Waals surface area contributed by atoms with Crippen LogP contribution in [0.15, 0.2) is 23.1 Å². The Labute approximate surface area is 112 Å². The number of sulfonamides is 1. The van der Waals surface area contributed by atoms with Gasteiger partial charge in [0.25, 0.3) is 0 Å². The average Bonchev–Trinajstić information content (AvgIpc) is 3.19. The van der Waals surface area contributed by atoms with Gasteiger partial charge in [0.1, 0.15) is 5.82 Å². The van der Waals surface area contributed by atoms with Gasteiger partial charge in [0.15, 0.2) is 0 Å². The van der Waals surface area contributed by atoms with Crippen LogP contribution >= 0.6 is 0 Å². The van der Waals surface area contributed by atoms with Gasteiger partial charge in [0.05, 0.1) is 17.0 Å². The molecular weight excluding hydrogens is 267 g/mol. The quantitative estimate of drug-likeness (QED) is 0.803. The average molecular weight is 282 g/mol. The third kappa shape index (κ3) is 3.77. The van der Waals surface area contributed by atoms with Crippen LogP contribution < -0.4 is 10.5 Å². The molecule has 1 saturated carbocycles. The molecule has 4 nitrogen and oxygen atoms in total. The van der Waals surface area contributed by atoms with E-state index in [0.717, 1.165) is 18.9 Å². The molecule has 1 aromatic rings. The molecule has 3 N–H and O–H groups in total. The molecule has 0 heterocycles. The molecule has 2 rings (SSSR count). The van der Waals surface area contributed by atoms with Gasteiger partial charge < -0.3 is 5.73 Å². The van der Waals surface area contributed by atoms with Crippen molar-refractivity contribution in [3.8, 4) is 11.8 Å². The zero-order valence-electron chi connectivity index (χ0n) is 10.3. The zero-order valence-corrected chi connectivity index (χ0v) is 11.1. The van der Waals surface area contributed by atoms with Gasteiger partial charge in [0, 0.05) is 6.54 Å². The molecule has 0 amide bonds. The first-order chi connectivity index (χ1) is 9.03.